The van der Waals surface area contributed by atoms with Gasteiger partial charge in [0.1, 0.15) is 11.7 Å². The zero-order valence-corrected chi connectivity index (χ0v) is 12.4. The molecule has 3 rings (SSSR count). The summed E-state index contributed by atoms with van der Waals surface area (Å²) in [6.07, 6.45) is 0.378. The number of Topliss-reactive ketones (excluding diaryl/α,β-unsaturated/α-hetero) is 1. The summed E-state index contributed by atoms with van der Waals surface area (Å²) in [4.78, 5) is 24.6. The van der Waals surface area contributed by atoms with E-state index in [9.17, 15) is 9.59 Å². The van der Waals surface area contributed by atoms with Crippen LogP contribution in [0.1, 0.15) is 29.4 Å². The van der Waals surface area contributed by atoms with Gasteiger partial charge in [0.15, 0.2) is 0 Å². The number of ether oxygens (including phenoxy) is 1. The Morgan fingerprint density at radius 2 is 1.50 bits per heavy atom. The van der Waals surface area contributed by atoms with E-state index in [2.05, 4.69) is 0 Å². The summed E-state index contributed by atoms with van der Waals surface area (Å²) >= 11 is 0. The molecule has 0 aliphatic heterocycles. The monoisotopic (exact) mass is 294 g/mol. The molecule has 0 N–H and O–H groups in total. The second-order valence-electron chi connectivity index (χ2n) is 5.62. The zero-order chi connectivity index (χ0) is 15.5. The van der Waals surface area contributed by atoms with Crippen LogP contribution < -0.4 is 0 Å². The highest BCUT2D eigenvalue weighted by atomic mass is 16.5. The number of hydrogen-bond donors (Lipinski definition) is 0. The van der Waals surface area contributed by atoms with Gasteiger partial charge in [0.25, 0.3) is 0 Å². The summed E-state index contributed by atoms with van der Waals surface area (Å²) in [5.74, 6) is -1.33. The maximum Gasteiger partial charge on any atom is 0.316 e. The van der Waals surface area contributed by atoms with Crippen molar-refractivity contribution in [2.75, 3.05) is 7.11 Å². The summed E-state index contributed by atoms with van der Waals surface area (Å²) in [6, 6.07) is 19.7. The van der Waals surface area contributed by atoms with E-state index in [-0.39, 0.29) is 17.6 Å². The number of methoxy groups -OCH3 is 1. The van der Waals surface area contributed by atoms with Crippen molar-refractivity contribution in [1.82, 2.24) is 0 Å². The van der Waals surface area contributed by atoms with Gasteiger partial charge in [-0.3, -0.25) is 9.59 Å². The molecule has 1 aliphatic carbocycles. The van der Waals surface area contributed by atoms with Crippen molar-refractivity contribution in [1.29, 1.82) is 0 Å². The van der Waals surface area contributed by atoms with Gasteiger partial charge in [0.2, 0.25) is 0 Å². The number of carbonyl (C=O) groups excluding carboxylic acids is 2. The Kier molecular flexibility index (Phi) is 4.05. The van der Waals surface area contributed by atoms with Crippen LogP contribution >= 0.6 is 0 Å². The Hall–Kier alpha value is -2.42. The highest BCUT2D eigenvalue weighted by Gasteiger charge is 2.48. The standard InChI is InChI=1S/C19H18O3/c1-22-19(21)18-16(20)12-15(13-8-4-2-5-9-13)17(18)14-10-6-3-7-11-14/h2-11,15,17-18H,12H2,1H3/t15-,17+,18+/m1/s1. The molecule has 0 unspecified atom stereocenters. The van der Waals surface area contributed by atoms with Crippen LogP contribution in [0, 0.1) is 5.92 Å². The lowest BCUT2D eigenvalue weighted by molar-refractivity contribution is -0.148. The molecule has 3 heteroatoms. The Bertz CT molecular complexity index is 664. The first-order chi connectivity index (χ1) is 10.7. The first kappa shape index (κ1) is 14.5. The maximum absolute atomic E-state index is 12.4. The van der Waals surface area contributed by atoms with Crippen LogP contribution in [-0.4, -0.2) is 18.9 Å². The van der Waals surface area contributed by atoms with E-state index in [4.69, 9.17) is 4.74 Å². The molecule has 0 heterocycles. The van der Waals surface area contributed by atoms with Gasteiger partial charge in [-0.1, -0.05) is 60.7 Å². The van der Waals surface area contributed by atoms with Gasteiger partial charge in [-0.15, -0.1) is 0 Å². The molecular weight excluding hydrogens is 276 g/mol. The van der Waals surface area contributed by atoms with E-state index >= 15 is 0 Å². The summed E-state index contributed by atoms with van der Waals surface area (Å²) in [5.41, 5.74) is 2.11. The molecule has 0 bridgehead atoms. The molecule has 0 spiro atoms. The normalized spacial score (nSPS) is 24.2. The van der Waals surface area contributed by atoms with Crippen LogP contribution in [-0.2, 0) is 14.3 Å². The average molecular weight is 294 g/mol. The summed E-state index contributed by atoms with van der Waals surface area (Å²) in [7, 11) is 1.34. The molecule has 1 aliphatic rings. The van der Waals surface area contributed by atoms with E-state index in [1.807, 2.05) is 60.7 Å². The first-order valence-corrected chi connectivity index (χ1v) is 7.43. The van der Waals surface area contributed by atoms with Crippen molar-refractivity contribution >= 4 is 11.8 Å². The highest BCUT2D eigenvalue weighted by Crippen LogP contribution is 2.48. The van der Waals surface area contributed by atoms with Crippen molar-refractivity contribution in [3.8, 4) is 0 Å². The number of ketones is 1. The lowest BCUT2D eigenvalue weighted by Gasteiger charge is -2.23. The second kappa shape index (κ2) is 6.14. The SMILES string of the molecule is COC(=O)[C@H]1C(=O)C[C@H](c2ccccc2)[C@@H]1c1ccccc1. The maximum atomic E-state index is 12.4. The molecule has 3 atom stereocenters. The van der Waals surface area contributed by atoms with Gasteiger partial charge in [-0.25, -0.2) is 0 Å². The van der Waals surface area contributed by atoms with Gasteiger partial charge >= 0.3 is 5.97 Å². The third kappa shape index (κ3) is 2.54. The molecule has 0 amide bonds. The van der Waals surface area contributed by atoms with E-state index in [1.54, 1.807) is 0 Å². The fourth-order valence-corrected chi connectivity index (χ4v) is 3.43. The van der Waals surface area contributed by atoms with Crippen LogP contribution in [0.3, 0.4) is 0 Å². The van der Waals surface area contributed by atoms with E-state index < -0.39 is 11.9 Å². The second-order valence-corrected chi connectivity index (χ2v) is 5.62. The van der Waals surface area contributed by atoms with Gasteiger partial charge in [-0.2, -0.15) is 0 Å². The molecule has 0 radical (unpaired) electrons. The minimum Gasteiger partial charge on any atom is -0.468 e. The van der Waals surface area contributed by atoms with Gasteiger partial charge in [0.05, 0.1) is 7.11 Å². The molecule has 0 saturated heterocycles. The molecule has 112 valence electrons. The number of rotatable bonds is 3. The average Bonchev–Trinajstić information content (AvgIpc) is 2.93. The number of benzene rings is 2. The van der Waals surface area contributed by atoms with E-state index in [0.29, 0.717) is 6.42 Å². The Balaban J connectivity index is 2.06. The molecule has 2 aromatic carbocycles. The highest BCUT2D eigenvalue weighted by molar-refractivity contribution is 6.02. The van der Waals surface area contributed by atoms with Crippen LogP contribution in [0.4, 0.5) is 0 Å². The van der Waals surface area contributed by atoms with Crippen molar-refractivity contribution in [3.05, 3.63) is 71.8 Å². The smallest absolute Gasteiger partial charge is 0.316 e. The molecule has 3 nitrogen and oxygen atoms in total. The minimum absolute atomic E-state index is 0.0141. The zero-order valence-electron chi connectivity index (χ0n) is 12.4. The van der Waals surface area contributed by atoms with Crippen molar-refractivity contribution in [2.24, 2.45) is 5.92 Å². The largest absolute Gasteiger partial charge is 0.468 e. The number of carbonyl (C=O) groups is 2. The quantitative estimate of drug-likeness (QED) is 0.644. The molecule has 1 fully saturated rings. The lowest BCUT2D eigenvalue weighted by Crippen LogP contribution is -2.26. The third-order valence-electron chi connectivity index (χ3n) is 4.43. The van der Waals surface area contributed by atoms with Crippen molar-refractivity contribution < 1.29 is 14.3 Å². The van der Waals surface area contributed by atoms with Gasteiger partial charge in [0, 0.05) is 12.3 Å². The fraction of sp³-hybridized carbons (Fsp3) is 0.263. The molecule has 1 saturated carbocycles. The summed E-state index contributed by atoms with van der Waals surface area (Å²) in [5, 5.41) is 0. The van der Waals surface area contributed by atoms with Crippen LogP contribution in [0.2, 0.25) is 0 Å². The van der Waals surface area contributed by atoms with Gasteiger partial charge < -0.3 is 4.74 Å². The van der Waals surface area contributed by atoms with Crippen LogP contribution in [0.25, 0.3) is 0 Å². The lowest BCUT2D eigenvalue weighted by atomic mass is 9.80. The van der Waals surface area contributed by atoms with Crippen molar-refractivity contribution in [2.45, 2.75) is 18.3 Å². The summed E-state index contributed by atoms with van der Waals surface area (Å²) in [6.45, 7) is 0. The predicted octanol–water partition coefficient (Wildman–Crippen LogP) is 3.32. The minimum atomic E-state index is -0.711. The van der Waals surface area contributed by atoms with Gasteiger partial charge in [-0.05, 0) is 17.0 Å². The third-order valence-corrected chi connectivity index (χ3v) is 4.43. The van der Waals surface area contributed by atoms with E-state index in [0.717, 1.165) is 11.1 Å². The molecule has 22 heavy (non-hydrogen) atoms. The van der Waals surface area contributed by atoms with Crippen LogP contribution in [0.15, 0.2) is 60.7 Å². The number of hydrogen-bond acceptors (Lipinski definition) is 3. The number of esters is 1. The Morgan fingerprint density at radius 1 is 0.955 bits per heavy atom. The van der Waals surface area contributed by atoms with Crippen molar-refractivity contribution in [3.63, 3.8) is 0 Å². The topological polar surface area (TPSA) is 43.4 Å². The Labute approximate surface area is 129 Å². The Morgan fingerprint density at radius 3 is 2.05 bits per heavy atom. The molecule has 0 aromatic heterocycles. The van der Waals surface area contributed by atoms with E-state index in [1.165, 1.54) is 7.11 Å². The predicted molar refractivity (Wildman–Crippen MR) is 83.5 cm³/mol. The summed E-state index contributed by atoms with van der Waals surface area (Å²) < 4.78 is 4.88. The fourth-order valence-electron chi connectivity index (χ4n) is 3.43. The first-order valence-electron chi connectivity index (χ1n) is 7.43. The molecular formula is C19H18O3. The van der Waals surface area contributed by atoms with Crippen LogP contribution in [0.5, 0.6) is 0 Å². The molecule has 2 aromatic rings.